The standard InChI is InChI=1S/C10H18N2O4/c1-4-16-10(14)12-6-5-11(7-8(12)2)9(13)15-3/h8H,4-7H2,1-3H3. The normalized spacial score (nSPS) is 20.6. The molecule has 1 aliphatic rings. The molecule has 1 atom stereocenters. The fourth-order valence-corrected chi connectivity index (χ4v) is 1.73. The van der Waals surface area contributed by atoms with Crippen LogP contribution in [0.3, 0.4) is 0 Å². The molecule has 1 heterocycles. The molecular weight excluding hydrogens is 212 g/mol. The number of methoxy groups -OCH3 is 1. The second kappa shape index (κ2) is 5.58. The first kappa shape index (κ1) is 12.6. The van der Waals surface area contributed by atoms with E-state index in [0.29, 0.717) is 26.2 Å². The van der Waals surface area contributed by atoms with Crippen LogP contribution in [0.15, 0.2) is 0 Å². The Bertz CT molecular complexity index is 270. The van der Waals surface area contributed by atoms with E-state index in [4.69, 9.17) is 4.74 Å². The van der Waals surface area contributed by atoms with Gasteiger partial charge in [-0.2, -0.15) is 0 Å². The van der Waals surface area contributed by atoms with Gasteiger partial charge in [-0.15, -0.1) is 0 Å². The molecule has 1 rings (SSSR count). The van der Waals surface area contributed by atoms with E-state index in [-0.39, 0.29) is 18.2 Å². The van der Waals surface area contributed by atoms with E-state index in [1.807, 2.05) is 6.92 Å². The van der Waals surface area contributed by atoms with E-state index < -0.39 is 0 Å². The molecule has 2 amide bonds. The van der Waals surface area contributed by atoms with Crippen molar-refractivity contribution in [2.45, 2.75) is 19.9 Å². The smallest absolute Gasteiger partial charge is 0.410 e. The van der Waals surface area contributed by atoms with Crippen molar-refractivity contribution < 1.29 is 19.1 Å². The average Bonchev–Trinajstić information content (AvgIpc) is 2.28. The lowest BCUT2D eigenvalue weighted by Crippen LogP contribution is -2.55. The average molecular weight is 230 g/mol. The number of hydrogen-bond donors (Lipinski definition) is 0. The molecule has 6 nitrogen and oxygen atoms in total. The van der Waals surface area contributed by atoms with Gasteiger partial charge < -0.3 is 19.3 Å². The molecule has 92 valence electrons. The Morgan fingerprint density at radius 2 is 2.00 bits per heavy atom. The fraction of sp³-hybridized carbons (Fsp3) is 0.800. The Labute approximate surface area is 95.1 Å². The predicted octanol–water partition coefficient (Wildman–Crippen LogP) is 0.915. The van der Waals surface area contributed by atoms with Gasteiger partial charge in [-0.25, -0.2) is 9.59 Å². The summed E-state index contributed by atoms with van der Waals surface area (Å²) < 4.78 is 9.56. The summed E-state index contributed by atoms with van der Waals surface area (Å²) in [4.78, 5) is 26.0. The van der Waals surface area contributed by atoms with Crippen LogP contribution >= 0.6 is 0 Å². The summed E-state index contributed by atoms with van der Waals surface area (Å²) >= 11 is 0. The third-order valence-electron chi connectivity index (χ3n) is 2.56. The molecule has 0 bridgehead atoms. The van der Waals surface area contributed by atoms with Crippen LogP contribution in [-0.2, 0) is 9.47 Å². The molecular formula is C10H18N2O4. The molecule has 16 heavy (non-hydrogen) atoms. The number of amides is 2. The summed E-state index contributed by atoms with van der Waals surface area (Å²) in [6.45, 7) is 5.46. The number of ether oxygens (including phenoxy) is 2. The summed E-state index contributed by atoms with van der Waals surface area (Å²) in [5, 5.41) is 0. The lowest BCUT2D eigenvalue weighted by atomic mass is 10.2. The Morgan fingerprint density at radius 3 is 2.50 bits per heavy atom. The Morgan fingerprint density at radius 1 is 1.31 bits per heavy atom. The van der Waals surface area contributed by atoms with Gasteiger partial charge >= 0.3 is 12.2 Å². The predicted molar refractivity (Wildman–Crippen MR) is 57.2 cm³/mol. The van der Waals surface area contributed by atoms with Crippen molar-refractivity contribution in [3.63, 3.8) is 0 Å². The molecule has 1 fully saturated rings. The van der Waals surface area contributed by atoms with Gasteiger partial charge in [-0.05, 0) is 13.8 Å². The molecule has 6 heteroatoms. The third-order valence-corrected chi connectivity index (χ3v) is 2.56. The highest BCUT2D eigenvalue weighted by Crippen LogP contribution is 2.11. The first-order valence-electron chi connectivity index (χ1n) is 5.36. The number of rotatable bonds is 1. The van der Waals surface area contributed by atoms with E-state index in [1.165, 1.54) is 7.11 Å². The first-order valence-corrected chi connectivity index (χ1v) is 5.36. The molecule has 0 spiro atoms. The van der Waals surface area contributed by atoms with Crippen LogP contribution in [0.5, 0.6) is 0 Å². The molecule has 1 unspecified atom stereocenters. The van der Waals surface area contributed by atoms with Crippen molar-refractivity contribution in [2.75, 3.05) is 33.4 Å². The maximum Gasteiger partial charge on any atom is 0.410 e. The Balaban J connectivity index is 2.52. The van der Waals surface area contributed by atoms with Crippen LogP contribution in [0.2, 0.25) is 0 Å². The zero-order chi connectivity index (χ0) is 12.1. The van der Waals surface area contributed by atoms with Crippen molar-refractivity contribution in [1.29, 1.82) is 0 Å². The van der Waals surface area contributed by atoms with Gasteiger partial charge in [0.05, 0.1) is 19.8 Å². The number of carbonyl (C=O) groups is 2. The largest absolute Gasteiger partial charge is 0.453 e. The second-order valence-electron chi connectivity index (χ2n) is 3.66. The lowest BCUT2D eigenvalue weighted by Gasteiger charge is -2.38. The van der Waals surface area contributed by atoms with Crippen LogP contribution < -0.4 is 0 Å². The molecule has 0 aliphatic carbocycles. The quantitative estimate of drug-likeness (QED) is 0.672. The lowest BCUT2D eigenvalue weighted by molar-refractivity contribution is 0.0483. The Kier molecular flexibility index (Phi) is 4.39. The maximum atomic E-state index is 11.5. The van der Waals surface area contributed by atoms with Crippen LogP contribution in [0.4, 0.5) is 9.59 Å². The second-order valence-corrected chi connectivity index (χ2v) is 3.66. The van der Waals surface area contributed by atoms with E-state index in [1.54, 1.807) is 16.7 Å². The van der Waals surface area contributed by atoms with Gasteiger partial charge in [-0.3, -0.25) is 0 Å². The minimum Gasteiger partial charge on any atom is -0.453 e. The highest BCUT2D eigenvalue weighted by molar-refractivity contribution is 5.70. The van der Waals surface area contributed by atoms with Crippen LogP contribution in [0.1, 0.15) is 13.8 Å². The molecule has 0 aromatic heterocycles. The van der Waals surface area contributed by atoms with Crippen LogP contribution in [0, 0.1) is 0 Å². The van der Waals surface area contributed by atoms with Gasteiger partial charge in [0.25, 0.3) is 0 Å². The zero-order valence-electron chi connectivity index (χ0n) is 9.93. The maximum absolute atomic E-state index is 11.5. The van der Waals surface area contributed by atoms with Crippen molar-refractivity contribution in [3.8, 4) is 0 Å². The highest BCUT2D eigenvalue weighted by atomic mass is 16.6. The molecule has 0 N–H and O–H groups in total. The number of nitrogens with zero attached hydrogens (tertiary/aromatic N) is 2. The van der Waals surface area contributed by atoms with E-state index in [9.17, 15) is 9.59 Å². The SMILES string of the molecule is CCOC(=O)N1CCN(C(=O)OC)CC1C. The summed E-state index contributed by atoms with van der Waals surface area (Å²) in [5.74, 6) is 0. The van der Waals surface area contributed by atoms with Crippen LogP contribution in [0.25, 0.3) is 0 Å². The summed E-state index contributed by atoms with van der Waals surface area (Å²) in [6.07, 6.45) is -0.671. The van der Waals surface area contributed by atoms with Crippen molar-refractivity contribution in [2.24, 2.45) is 0 Å². The molecule has 0 radical (unpaired) electrons. The van der Waals surface area contributed by atoms with E-state index in [0.717, 1.165) is 0 Å². The molecule has 0 saturated carbocycles. The van der Waals surface area contributed by atoms with E-state index in [2.05, 4.69) is 4.74 Å². The topological polar surface area (TPSA) is 59.1 Å². The molecule has 1 saturated heterocycles. The number of carbonyl (C=O) groups excluding carboxylic acids is 2. The number of piperazine rings is 1. The highest BCUT2D eigenvalue weighted by Gasteiger charge is 2.30. The summed E-state index contributed by atoms with van der Waals surface area (Å²) in [5.41, 5.74) is 0. The van der Waals surface area contributed by atoms with Crippen LogP contribution in [-0.4, -0.2) is 61.4 Å². The summed E-state index contributed by atoms with van der Waals surface area (Å²) in [6, 6.07) is -0.0492. The van der Waals surface area contributed by atoms with Crippen molar-refractivity contribution in [1.82, 2.24) is 9.80 Å². The van der Waals surface area contributed by atoms with Crippen molar-refractivity contribution in [3.05, 3.63) is 0 Å². The monoisotopic (exact) mass is 230 g/mol. The van der Waals surface area contributed by atoms with E-state index >= 15 is 0 Å². The van der Waals surface area contributed by atoms with Gasteiger partial charge in [0.2, 0.25) is 0 Å². The molecule has 1 aliphatic heterocycles. The van der Waals surface area contributed by atoms with Gasteiger partial charge in [0, 0.05) is 19.6 Å². The first-order chi connectivity index (χ1) is 7.60. The minimum atomic E-state index is -0.352. The fourth-order valence-electron chi connectivity index (χ4n) is 1.73. The molecule has 0 aromatic rings. The van der Waals surface area contributed by atoms with Gasteiger partial charge in [-0.1, -0.05) is 0 Å². The zero-order valence-corrected chi connectivity index (χ0v) is 9.93. The van der Waals surface area contributed by atoms with Gasteiger partial charge in [0.1, 0.15) is 0 Å². The molecule has 0 aromatic carbocycles. The third kappa shape index (κ3) is 2.77. The van der Waals surface area contributed by atoms with Crippen molar-refractivity contribution >= 4 is 12.2 Å². The minimum absolute atomic E-state index is 0.0492. The summed E-state index contributed by atoms with van der Waals surface area (Å²) in [7, 11) is 1.35. The Hall–Kier alpha value is -1.46. The number of hydrogen-bond acceptors (Lipinski definition) is 4. The van der Waals surface area contributed by atoms with Gasteiger partial charge in [0.15, 0.2) is 0 Å².